The second-order valence-electron chi connectivity index (χ2n) is 2.09. The fraction of sp³-hybridized carbons (Fsp3) is 0.222. The van der Waals surface area contributed by atoms with Crippen LogP contribution in [0.15, 0.2) is 28.9 Å². The summed E-state index contributed by atoms with van der Waals surface area (Å²) in [6.45, 7) is 1.75. The monoisotopic (exact) mass is 168 g/mol. The molecule has 0 bridgehead atoms. The molecular formula is C9H12O3. The highest BCUT2D eigenvalue weighted by molar-refractivity contribution is 6.02. The number of carbonyl (C=O) groups is 1. The van der Waals surface area contributed by atoms with Crippen molar-refractivity contribution in [2.45, 2.75) is 14.4 Å². The molecule has 1 N–H and O–H groups in total. The minimum Gasteiger partial charge on any atom is -0.515 e. The number of aliphatic hydroxyl groups excluding tert-OH is 1. The number of carbonyl (C=O) groups excluding carboxylic acids is 1. The van der Waals surface area contributed by atoms with E-state index in [2.05, 4.69) is 0 Å². The van der Waals surface area contributed by atoms with Gasteiger partial charge < -0.3 is 9.52 Å². The second kappa shape index (κ2) is 4.38. The van der Waals surface area contributed by atoms with Crippen molar-refractivity contribution in [3.63, 3.8) is 0 Å². The Morgan fingerprint density at radius 1 is 1.58 bits per heavy atom. The van der Waals surface area contributed by atoms with Gasteiger partial charge in [-0.3, -0.25) is 4.79 Å². The van der Waals surface area contributed by atoms with Gasteiger partial charge in [0.15, 0.2) is 5.76 Å². The van der Waals surface area contributed by atoms with E-state index in [0.29, 0.717) is 12.0 Å². The predicted octanol–water partition coefficient (Wildman–Crippen LogP) is 2.48. The van der Waals surface area contributed by atoms with Crippen LogP contribution >= 0.6 is 0 Å². The van der Waals surface area contributed by atoms with Crippen LogP contribution in [0.4, 0.5) is 0 Å². The van der Waals surface area contributed by atoms with Crippen LogP contribution in [-0.2, 0) is 0 Å². The Morgan fingerprint density at radius 2 is 2.25 bits per heavy atom. The van der Waals surface area contributed by atoms with E-state index in [0.717, 1.165) is 6.08 Å². The van der Waals surface area contributed by atoms with Crippen molar-refractivity contribution in [1.82, 2.24) is 0 Å². The summed E-state index contributed by atoms with van der Waals surface area (Å²) in [5, 5.41) is 8.26. The molecule has 0 aliphatic rings. The molecule has 0 radical (unpaired) electrons. The van der Waals surface area contributed by atoms with Crippen molar-refractivity contribution in [3.8, 4) is 0 Å². The Balaban J connectivity index is 0.00000121. The number of rotatable bonds is 2. The fourth-order valence-corrected chi connectivity index (χ4v) is 0.717. The van der Waals surface area contributed by atoms with Crippen molar-refractivity contribution < 1.29 is 14.3 Å². The van der Waals surface area contributed by atoms with Crippen LogP contribution in [0.1, 0.15) is 23.7 Å². The van der Waals surface area contributed by atoms with Crippen LogP contribution in [-0.4, -0.2) is 10.9 Å². The van der Waals surface area contributed by atoms with Gasteiger partial charge in [0.2, 0.25) is 5.78 Å². The SMILES string of the molecule is C.Cc1ccc(C(=O)/C=C\O)o1. The maximum atomic E-state index is 10.9. The zero-order chi connectivity index (χ0) is 8.27. The van der Waals surface area contributed by atoms with E-state index in [1.165, 1.54) is 0 Å². The molecular weight excluding hydrogens is 156 g/mol. The maximum Gasteiger partial charge on any atom is 0.224 e. The minimum absolute atomic E-state index is 0. The molecule has 1 heterocycles. The molecule has 1 aromatic rings. The molecule has 66 valence electrons. The Bertz CT molecular complexity index is 284. The van der Waals surface area contributed by atoms with E-state index in [1.54, 1.807) is 19.1 Å². The third-order valence-corrected chi connectivity index (χ3v) is 1.21. The second-order valence-corrected chi connectivity index (χ2v) is 2.09. The van der Waals surface area contributed by atoms with Crippen molar-refractivity contribution in [2.75, 3.05) is 0 Å². The van der Waals surface area contributed by atoms with E-state index in [4.69, 9.17) is 9.52 Å². The number of aryl methyl sites for hydroxylation is 1. The molecule has 0 aromatic carbocycles. The smallest absolute Gasteiger partial charge is 0.224 e. The van der Waals surface area contributed by atoms with Gasteiger partial charge in [-0.15, -0.1) is 0 Å². The van der Waals surface area contributed by atoms with Crippen LogP contribution in [0.5, 0.6) is 0 Å². The number of allylic oxidation sites excluding steroid dienone is 1. The molecule has 0 aliphatic carbocycles. The molecule has 3 heteroatoms. The van der Waals surface area contributed by atoms with Gasteiger partial charge in [-0.2, -0.15) is 0 Å². The summed E-state index contributed by atoms with van der Waals surface area (Å²) in [5.41, 5.74) is 0. The first-order valence-corrected chi connectivity index (χ1v) is 3.15. The molecule has 0 saturated heterocycles. The van der Waals surface area contributed by atoms with Crippen LogP contribution in [0, 0.1) is 6.92 Å². The number of hydrogen-bond acceptors (Lipinski definition) is 3. The summed E-state index contributed by atoms with van der Waals surface area (Å²) in [7, 11) is 0. The van der Waals surface area contributed by atoms with Gasteiger partial charge in [0, 0.05) is 6.08 Å². The van der Waals surface area contributed by atoms with Gasteiger partial charge in [0.25, 0.3) is 0 Å². The van der Waals surface area contributed by atoms with Crippen LogP contribution in [0.25, 0.3) is 0 Å². The topological polar surface area (TPSA) is 50.4 Å². The molecule has 0 atom stereocenters. The van der Waals surface area contributed by atoms with E-state index in [-0.39, 0.29) is 19.0 Å². The van der Waals surface area contributed by atoms with Gasteiger partial charge in [-0.25, -0.2) is 0 Å². The molecule has 0 fully saturated rings. The Morgan fingerprint density at radius 3 is 2.67 bits per heavy atom. The largest absolute Gasteiger partial charge is 0.515 e. The van der Waals surface area contributed by atoms with E-state index < -0.39 is 0 Å². The quantitative estimate of drug-likeness (QED) is 0.419. The third kappa shape index (κ3) is 2.27. The van der Waals surface area contributed by atoms with E-state index in [9.17, 15) is 4.79 Å². The number of furan rings is 1. The summed E-state index contributed by atoms with van der Waals surface area (Å²) in [6, 6.07) is 3.26. The average molecular weight is 168 g/mol. The van der Waals surface area contributed by atoms with Crippen LogP contribution < -0.4 is 0 Å². The van der Waals surface area contributed by atoms with Crippen molar-refractivity contribution in [2.24, 2.45) is 0 Å². The Labute approximate surface area is 71.3 Å². The van der Waals surface area contributed by atoms with Gasteiger partial charge in [0.1, 0.15) is 5.76 Å². The fourth-order valence-electron chi connectivity index (χ4n) is 0.717. The molecule has 0 aliphatic heterocycles. The predicted molar refractivity (Wildman–Crippen MR) is 46.3 cm³/mol. The summed E-state index contributed by atoms with van der Waals surface area (Å²) >= 11 is 0. The highest BCUT2D eigenvalue weighted by atomic mass is 16.3. The molecule has 12 heavy (non-hydrogen) atoms. The first kappa shape index (κ1) is 10.5. The number of aliphatic hydroxyl groups is 1. The lowest BCUT2D eigenvalue weighted by atomic mass is 10.3. The Hall–Kier alpha value is -1.51. The van der Waals surface area contributed by atoms with Crippen molar-refractivity contribution in [3.05, 3.63) is 36.0 Å². The van der Waals surface area contributed by atoms with Gasteiger partial charge in [0.05, 0.1) is 6.26 Å². The van der Waals surface area contributed by atoms with Gasteiger partial charge in [-0.1, -0.05) is 7.43 Å². The third-order valence-electron chi connectivity index (χ3n) is 1.21. The normalized spacial score (nSPS) is 9.75. The Kier molecular flexibility index (Phi) is 3.83. The van der Waals surface area contributed by atoms with Gasteiger partial charge >= 0.3 is 0 Å². The lowest BCUT2D eigenvalue weighted by Crippen LogP contribution is -1.89. The average Bonchev–Trinajstić information content (AvgIpc) is 2.36. The lowest BCUT2D eigenvalue weighted by molar-refractivity contribution is 0.101. The molecule has 0 amide bonds. The first-order chi connectivity index (χ1) is 5.24. The standard InChI is InChI=1S/C8H8O3.CH4/c1-6-2-3-8(11-6)7(10)4-5-9;/h2-5,9H,1H3;1H4/b5-4-;. The van der Waals surface area contributed by atoms with E-state index >= 15 is 0 Å². The number of hydrogen-bond donors (Lipinski definition) is 1. The van der Waals surface area contributed by atoms with Crippen LogP contribution in [0.2, 0.25) is 0 Å². The highest BCUT2D eigenvalue weighted by Gasteiger charge is 2.04. The lowest BCUT2D eigenvalue weighted by Gasteiger charge is -1.85. The van der Waals surface area contributed by atoms with Crippen molar-refractivity contribution in [1.29, 1.82) is 0 Å². The zero-order valence-electron chi connectivity index (χ0n) is 6.07. The minimum atomic E-state index is -0.333. The maximum absolute atomic E-state index is 10.9. The zero-order valence-corrected chi connectivity index (χ0v) is 6.07. The summed E-state index contributed by atoms with van der Waals surface area (Å²) in [6.07, 6.45) is 1.73. The molecule has 1 aromatic heterocycles. The summed E-state index contributed by atoms with van der Waals surface area (Å²) in [4.78, 5) is 10.9. The van der Waals surface area contributed by atoms with Crippen LogP contribution in [0.3, 0.4) is 0 Å². The first-order valence-electron chi connectivity index (χ1n) is 3.15. The van der Waals surface area contributed by atoms with E-state index in [1.807, 2.05) is 0 Å². The molecule has 3 nitrogen and oxygen atoms in total. The molecule has 0 saturated carbocycles. The molecule has 0 spiro atoms. The van der Waals surface area contributed by atoms with Gasteiger partial charge in [-0.05, 0) is 19.1 Å². The summed E-state index contributed by atoms with van der Waals surface area (Å²) in [5.74, 6) is 0.591. The molecule has 1 rings (SSSR count). The van der Waals surface area contributed by atoms with Crippen molar-refractivity contribution >= 4 is 5.78 Å². The summed E-state index contributed by atoms with van der Waals surface area (Å²) < 4.78 is 4.99. The molecule has 0 unspecified atom stereocenters. The number of ketones is 1. The highest BCUT2D eigenvalue weighted by Crippen LogP contribution is 2.06.